The van der Waals surface area contributed by atoms with Crippen LogP contribution in [0.15, 0.2) is 42.5 Å². The minimum atomic E-state index is -0.249. The molecule has 6 nitrogen and oxygen atoms in total. The third-order valence-electron chi connectivity index (χ3n) is 5.11. The average Bonchev–Trinajstić information content (AvgIpc) is 3.25. The van der Waals surface area contributed by atoms with Crippen LogP contribution in [-0.2, 0) is 6.54 Å². The average molecular weight is 383 g/mol. The van der Waals surface area contributed by atoms with Crippen molar-refractivity contribution < 1.29 is 14.3 Å². The first-order valence-corrected chi connectivity index (χ1v) is 9.77. The van der Waals surface area contributed by atoms with E-state index in [4.69, 9.17) is 9.47 Å². The zero-order valence-electron chi connectivity index (χ0n) is 16.6. The molecule has 2 amide bonds. The number of hydrogen-bond acceptors (Lipinski definition) is 4. The quantitative estimate of drug-likeness (QED) is 0.622. The molecule has 28 heavy (non-hydrogen) atoms. The van der Waals surface area contributed by atoms with Crippen molar-refractivity contribution in [3.05, 3.63) is 48.0 Å². The van der Waals surface area contributed by atoms with Crippen molar-refractivity contribution >= 4 is 17.4 Å². The molecule has 6 heteroatoms. The lowest BCUT2D eigenvalue weighted by Crippen LogP contribution is -2.28. The number of ether oxygens (including phenoxy) is 2. The highest BCUT2D eigenvalue weighted by Gasteiger charge is 2.14. The van der Waals surface area contributed by atoms with Crippen LogP contribution in [-0.4, -0.2) is 26.8 Å². The van der Waals surface area contributed by atoms with E-state index in [-0.39, 0.29) is 6.03 Å². The summed E-state index contributed by atoms with van der Waals surface area (Å²) in [4.78, 5) is 12.2. The summed E-state index contributed by atoms with van der Waals surface area (Å²) in [6.45, 7) is 1.42. The molecule has 0 bridgehead atoms. The van der Waals surface area contributed by atoms with Gasteiger partial charge in [-0.25, -0.2) is 4.79 Å². The van der Waals surface area contributed by atoms with E-state index in [2.05, 4.69) is 16.0 Å². The van der Waals surface area contributed by atoms with Crippen LogP contribution < -0.4 is 25.4 Å². The van der Waals surface area contributed by atoms with Crippen LogP contribution in [0, 0.1) is 5.92 Å². The maximum Gasteiger partial charge on any atom is 0.319 e. The Balaban J connectivity index is 1.45. The van der Waals surface area contributed by atoms with Gasteiger partial charge in [0.1, 0.15) is 0 Å². The summed E-state index contributed by atoms with van der Waals surface area (Å²) >= 11 is 0. The van der Waals surface area contributed by atoms with Crippen LogP contribution >= 0.6 is 0 Å². The van der Waals surface area contributed by atoms with Crippen molar-refractivity contribution in [2.45, 2.75) is 32.2 Å². The highest BCUT2D eigenvalue weighted by Crippen LogP contribution is 2.27. The topological polar surface area (TPSA) is 71.6 Å². The first-order chi connectivity index (χ1) is 13.7. The molecule has 0 radical (unpaired) electrons. The summed E-state index contributed by atoms with van der Waals surface area (Å²) < 4.78 is 10.5. The monoisotopic (exact) mass is 383 g/mol. The molecule has 0 saturated heterocycles. The molecule has 0 spiro atoms. The summed E-state index contributed by atoms with van der Waals surface area (Å²) in [5.74, 6) is 2.10. The van der Waals surface area contributed by atoms with Crippen molar-refractivity contribution in [2.75, 3.05) is 31.4 Å². The Morgan fingerprint density at radius 1 is 0.964 bits per heavy atom. The van der Waals surface area contributed by atoms with Crippen LogP contribution in [0.5, 0.6) is 11.5 Å². The normalized spacial score (nSPS) is 13.8. The molecule has 150 valence electrons. The zero-order valence-corrected chi connectivity index (χ0v) is 16.6. The molecular weight excluding hydrogens is 354 g/mol. The first-order valence-electron chi connectivity index (χ1n) is 9.77. The van der Waals surface area contributed by atoms with Gasteiger partial charge in [0.15, 0.2) is 11.5 Å². The van der Waals surface area contributed by atoms with Gasteiger partial charge in [-0.2, -0.15) is 0 Å². The predicted octanol–water partition coefficient (Wildman–Crippen LogP) is 4.63. The minimum Gasteiger partial charge on any atom is -0.493 e. The third kappa shape index (κ3) is 5.55. The van der Waals surface area contributed by atoms with Crippen molar-refractivity contribution in [1.82, 2.24) is 5.32 Å². The molecule has 2 aromatic carbocycles. The second kappa shape index (κ2) is 9.88. The van der Waals surface area contributed by atoms with Crippen molar-refractivity contribution in [3.8, 4) is 11.5 Å². The summed E-state index contributed by atoms with van der Waals surface area (Å²) in [6, 6.07) is 13.1. The van der Waals surface area contributed by atoms with Gasteiger partial charge in [-0.15, -0.1) is 0 Å². The number of carbonyl (C=O) groups excluding carboxylic acids is 1. The van der Waals surface area contributed by atoms with Crippen LogP contribution in [0.2, 0.25) is 0 Å². The van der Waals surface area contributed by atoms with Crippen molar-refractivity contribution in [2.24, 2.45) is 5.92 Å². The number of nitrogens with one attached hydrogen (secondary N) is 3. The van der Waals surface area contributed by atoms with E-state index in [1.807, 2.05) is 42.5 Å². The Morgan fingerprint density at radius 3 is 2.32 bits per heavy atom. The Bertz CT molecular complexity index is 771. The fourth-order valence-electron chi connectivity index (χ4n) is 3.50. The second-order valence-corrected chi connectivity index (χ2v) is 7.11. The Hall–Kier alpha value is -2.89. The predicted molar refractivity (Wildman–Crippen MR) is 112 cm³/mol. The molecule has 2 aromatic rings. The van der Waals surface area contributed by atoms with Crippen LogP contribution in [0.25, 0.3) is 0 Å². The number of amides is 2. The maximum atomic E-state index is 12.2. The van der Waals surface area contributed by atoms with Gasteiger partial charge in [0.2, 0.25) is 0 Å². The van der Waals surface area contributed by atoms with E-state index in [0.29, 0.717) is 18.0 Å². The van der Waals surface area contributed by atoms with Crippen molar-refractivity contribution in [1.29, 1.82) is 0 Å². The second-order valence-electron chi connectivity index (χ2n) is 7.11. The molecule has 0 aliphatic heterocycles. The number of urea groups is 1. The number of anilines is 2. The molecule has 0 aromatic heterocycles. The fraction of sp³-hybridized carbons (Fsp3) is 0.409. The molecule has 0 atom stereocenters. The standard InChI is InChI=1S/C22H29N3O3/c1-27-20-12-7-17(13-21(20)28-2)15-24-22(26)25-19-10-8-18(9-11-19)23-14-16-5-3-4-6-16/h7-13,16,23H,3-6,14-15H2,1-2H3,(H2,24,25,26). The number of methoxy groups -OCH3 is 2. The number of rotatable bonds is 8. The van der Waals surface area contributed by atoms with Gasteiger partial charge in [0.05, 0.1) is 14.2 Å². The molecule has 1 aliphatic carbocycles. The van der Waals surface area contributed by atoms with E-state index in [1.165, 1.54) is 25.7 Å². The molecule has 3 rings (SSSR count). The molecule has 0 heterocycles. The zero-order chi connectivity index (χ0) is 19.8. The van der Waals surface area contributed by atoms with E-state index in [0.717, 1.165) is 29.4 Å². The molecule has 0 unspecified atom stereocenters. The Labute approximate surface area is 166 Å². The highest BCUT2D eigenvalue weighted by atomic mass is 16.5. The van der Waals surface area contributed by atoms with Gasteiger partial charge in [0, 0.05) is 24.5 Å². The lowest BCUT2D eigenvalue weighted by atomic mass is 10.1. The third-order valence-corrected chi connectivity index (χ3v) is 5.11. The van der Waals surface area contributed by atoms with Crippen molar-refractivity contribution in [3.63, 3.8) is 0 Å². The van der Waals surface area contributed by atoms with E-state index >= 15 is 0 Å². The molecule has 1 aliphatic rings. The first kappa shape index (κ1) is 19.9. The maximum absolute atomic E-state index is 12.2. The van der Waals surface area contributed by atoms with Gasteiger partial charge in [-0.05, 0) is 60.7 Å². The van der Waals surface area contributed by atoms with E-state index in [1.54, 1.807) is 14.2 Å². The van der Waals surface area contributed by atoms with Gasteiger partial charge >= 0.3 is 6.03 Å². The lowest BCUT2D eigenvalue weighted by Gasteiger charge is -2.13. The summed E-state index contributed by atoms with van der Waals surface area (Å²) in [5.41, 5.74) is 2.78. The molecule has 1 fully saturated rings. The summed E-state index contributed by atoms with van der Waals surface area (Å²) in [7, 11) is 3.19. The fourth-order valence-corrected chi connectivity index (χ4v) is 3.50. The van der Waals surface area contributed by atoms with Crippen LogP contribution in [0.1, 0.15) is 31.2 Å². The van der Waals surface area contributed by atoms with E-state index in [9.17, 15) is 4.79 Å². The van der Waals surface area contributed by atoms with Gasteiger partial charge in [0.25, 0.3) is 0 Å². The van der Waals surface area contributed by atoms with E-state index < -0.39 is 0 Å². The minimum absolute atomic E-state index is 0.249. The summed E-state index contributed by atoms with van der Waals surface area (Å²) in [6.07, 6.45) is 5.36. The SMILES string of the molecule is COc1ccc(CNC(=O)Nc2ccc(NCC3CCCC3)cc2)cc1OC. The Kier molecular flexibility index (Phi) is 7.00. The molecular formula is C22H29N3O3. The molecule has 3 N–H and O–H groups in total. The smallest absolute Gasteiger partial charge is 0.319 e. The van der Waals surface area contributed by atoms with Gasteiger partial charge in [-0.1, -0.05) is 18.9 Å². The number of hydrogen-bond donors (Lipinski definition) is 3. The van der Waals surface area contributed by atoms with Crippen LogP contribution in [0.3, 0.4) is 0 Å². The number of benzene rings is 2. The molecule has 1 saturated carbocycles. The highest BCUT2D eigenvalue weighted by molar-refractivity contribution is 5.89. The Morgan fingerprint density at radius 2 is 1.64 bits per heavy atom. The summed E-state index contributed by atoms with van der Waals surface area (Å²) in [5, 5.41) is 9.19. The van der Waals surface area contributed by atoms with Crippen LogP contribution in [0.4, 0.5) is 16.2 Å². The largest absolute Gasteiger partial charge is 0.493 e. The lowest BCUT2D eigenvalue weighted by molar-refractivity contribution is 0.251. The number of carbonyl (C=O) groups is 1. The van der Waals surface area contributed by atoms with Gasteiger partial charge in [-0.3, -0.25) is 0 Å². The van der Waals surface area contributed by atoms with Gasteiger partial charge < -0.3 is 25.4 Å².